The maximum atomic E-state index is 13.8. The van der Waals surface area contributed by atoms with Crippen LogP contribution in [0.4, 0.5) is 24.5 Å². The summed E-state index contributed by atoms with van der Waals surface area (Å²) in [6, 6.07) is 14.5. The molecule has 0 radical (unpaired) electrons. The molecule has 0 spiro atoms. The van der Waals surface area contributed by atoms with Crippen molar-refractivity contribution in [2.75, 3.05) is 5.32 Å². The van der Waals surface area contributed by atoms with Gasteiger partial charge in [-0.2, -0.15) is 0 Å². The normalized spacial score (nSPS) is 13.1. The van der Waals surface area contributed by atoms with Gasteiger partial charge in [-0.1, -0.05) is 35.9 Å². The Labute approximate surface area is 197 Å². The first-order valence-electron chi connectivity index (χ1n) is 10.2. The molecule has 34 heavy (non-hydrogen) atoms. The van der Waals surface area contributed by atoms with E-state index in [0.717, 1.165) is 17.7 Å². The highest BCUT2D eigenvalue weighted by Crippen LogP contribution is 2.31. The van der Waals surface area contributed by atoms with Crippen LogP contribution in [0.1, 0.15) is 35.7 Å². The van der Waals surface area contributed by atoms with Crippen LogP contribution in [0.5, 0.6) is 5.75 Å². The van der Waals surface area contributed by atoms with Crippen LogP contribution in [-0.2, 0) is 0 Å². The van der Waals surface area contributed by atoms with E-state index in [-0.39, 0.29) is 11.3 Å². The molecule has 0 aliphatic carbocycles. The monoisotopic (exact) mass is 486 g/mol. The first-order chi connectivity index (χ1) is 16.2. The van der Waals surface area contributed by atoms with Crippen LogP contribution in [0.3, 0.4) is 0 Å². The van der Waals surface area contributed by atoms with Crippen LogP contribution >= 0.6 is 11.6 Å². The first-order valence-corrected chi connectivity index (χ1v) is 10.6. The average molecular weight is 487 g/mol. The van der Waals surface area contributed by atoms with Gasteiger partial charge in [0.2, 0.25) is 0 Å². The second-order valence-electron chi connectivity index (χ2n) is 7.80. The van der Waals surface area contributed by atoms with E-state index >= 15 is 0 Å². The van der Waals surface area contributed by atoms with Gasteiger partial charge >= 0.3 is 0 Å². The van der Waals surface area contributed by atoms with Gasteiger partial charge in [0.15, 0.2) is 23.2 Å². The maximum absolute atomic E-state index is 13.8. The molecular weight excluding hydrogens is 469 g/mol. The first kappa shape index (κ1) is 23.5. The molecule has 3 N–H and O–H groups in total. The van der Waals surface area contributed by atoms with Crippen LogP contribution in [0.15, 0.2) is 70.3 Å². The van der Waals surface area contributed by atoms with Crippen LogP contribution in [0, 0.1) is 17.5 Å². The molecule has 0 fully saturated rings. The minimum Gasteiger partial charge on any atom is -0.502 e. The molecule has 0 saturated heterocycles. The van der Waals surface area contributed by atoms with Gasteiger partial charge in [-0.05, 0) is 60.0 Å². The van der Waals surface area contributed by atoms with Crippen molar-refractivity contribution in [2.24, 2.45) is 0 Å². The lowest BCUT2D eigenvalue weighted by Crippen LogP contribution is -2.32. The third-order valence-electron chi connectivity index (χ3n) is 5.50. The Hall–Kier alpha value is -3.62. The van der Waals surface area contributed by atoms with Gasteiger partial charge in [0, 0.05) is 16.8 Å². The van der Waals surface area contributed by atoms with Crippen molar-refractivity contribution in [3.8, 4) is 5.75 Å². The number of hydrogen-bond donors (Lipinski definition) is 3. The van der Waals surface area contributed by atoms with Crippen LogP contribution < -0.4 is 21.5 Å². The van der Waals surface area contributed by atoms with E-state index in [1.165, 1.54) is 0 Å². The van der Waals surface area contributed by atoms with E-state index in [0.29, 0.717) is 16.3 Å². The fourth-order valence-corrected chi connectivity index (χ4v) is 3.77. The molecule has 4 rings (SSSR count). The molecule has 0 aromatic heterocycles. The molecule has 0 aliphatic rings. The summed E-state index contributed by atoms with van der Waals surface area (Å²) < 4.78 is 41.0. The Morgan fingerprint density at radius 3 is 2.12 bits per heavy atom. The van der Waals surface area contributed by atoms with Crippen molar-refractivity contribution < 1.29 is 18.3 Å². The lowest BCUT2D eigenvalue weighted by atomic mass is 9.96. The average Bonchev–Trinajstić information content (AvgIpc) is 2.84. The summed E-state index contributed by atoms with van der Waals surface area (Å²) >= 11 is 6.02. The number of hydrogen-bond acceptors (Lipinski definition) is 5. The zero-order valence-electron chi connectivity index (χ0n) is 17.7. The number of halogens is 4. The number of aromatic hydroxyl groups is 1. The highest BCUT2D eigenvalue weighted by atomic mass is 35.5. The van der Waals surface area contributed by atoms with E-state index in [4.69, 9.17) is 11.6 Å². The fourth-order valence-electron chi connectivity index (χ4n) is 3.65. The lowest BCUT2D eigenvalue weighted by Gasteiger charge is -2.25. The van der Waals surface area contributed by atoms with Gasteiger partial charge in [-0.3, -0.25) is 14.9 Å². The van der Waals surface area contributed by atoms with Gasteiger partial charge in [0.25, 0.3) is 10.9 Å². The molecule has 2 atom stereocenters. The fraction of sp³-hybridized carbons (Fsp3) is 0.120. The maximum Gasteiger partial charge on any atom is 0.271 e. The van der Waals surface area contributed by atoms with Crippen molar-refractivity contribution in [2.45, 2.75) is 19.0 Å². The predicted octanol–water partition coefficient (Wildman–Crippen LogP) is 5.24. The lowest BCUT2D eigenvalue weighted by molar-refractivity contribution is 0.438. The third-order valence-corrected chi connectivity index (χ3v) is 5.75. The molecule has 2 unspecified atom stereocenters. The Morgan fingerprint density at radius 1 is 0.853 bits per heavy atom. The second kappa shape index (κ2) is 9.32. The Bertz CT molecular complexity index is 1410. The van der Waals surface area contributed by atoms with Crippen molar-refractivity contribution in [3.63, 3.8) is 0 Å². The Morgan fingerprint density at radius 2 is 1.50 bits per heavy atom. The molecular formula is C25H18ClF3N2O3. The molecule has 0 aliphatic heterocycles. The van der Waals surface area contributed by atoms with Crippen LogP contribution in [0.2, 0.25) is 5.02 Å². The van der Waals surface area contributed by atoms with Crippen molar-refractivity contribution >= 4 is 23.0 Å². The summed E-state index contributed by atoms with van der Waals surface area (Å²) in [5, 5.41) is 16.2. The smallest absolute Gasteiger partial charge is 0.271 e. The highest BCUT2D eigenvalue weighted by Gasteiger charge is 2.22. The highest BCUT2D eigenvalue weighted by molar-refractivity contribution is 6.30. The Kier molecular flexibility index (Phi) is 6.45. The predicted molar refractivity (Wildman–Crippen MR) is 124 cm³/mol. The van der Waals surface area contributed by atoms with Crippen molar-refractivity contribution in [3.05, 3.63) is 120 Å². The summed E-state index contributed by atoms with van der Waals surface area (Å²) in [6.07, 6.45) is 0. The minimum absolute atomic E-state index is 0.191. The number of nitrogens with one attached hydrogen (secondary N) is 2. The number of benzene rings is 3. The molecule has 4 aromatic carbocycles. The van der Waals surface area contributed by atoms with E-state index in [1.807, 2.05) is 0 Å². The largest absolute Gasteiger partial charge is 0.502 e. The van der Waals surface area contributed by atoms with E-state index < -0.39 is 46.1 Å². The quantitative estimate of drug-likeness (QED) is 0.246. The topological polar surface area (TPSA) is 78.4 Å². The van der Waals surface area contributed by atoms with Gasteiger partial charge in [-0.25, -0.2) is 13.2 Å². The Balaban J connectivity index is 1.69. The molecule has 5 nitrogen and oxygen atoms in total. The second-order valence-corrected chi connectivity index (χ2v) is 8.24. The van der Waals surface area contributed by atoms with E-state index in [1.54, 1.807) is 55.5 Å². The number of anilines is 2. The van der Waals surface area contributed by atoms with Crippen molar-refractivity contribution in [1.29, 1.82) is 0 Å². The van der Waals surface area contributed by atoms with E-state index in [9.17, 15) is 27.9 Å². The molecule has 0 saturated carbocycles. The summed E-state index contributed by atoms with van der Waals surface area (Å²) in [5.41, 5.74) is 0.152. The molecule has 9 heteroatoms. The van der Waals surface area contributed by atoms with Gasteiger partial charge in [-0.15, -0.1) is 0 Å². The summed E-state index contributed by atoms with van der Waals surface area (Å²) in [5.74, 6) is -4.74. The zero-order chi connectivity index (χ0) is 24.6. The summed E-state index contributed by atoms with van der Waals surface area (Å²) in [4.78, 5) is 23.0. The van der Waals surface area contributed by atoms with Crippen LogP contribution in [-0.4, -0.2) is 5.11 Å². The number of rotatable bonds is 7. The van der Waals surface area contributed by atoms with Crippen LogP contribution in [0.25, 0.3) is 0 Å². The minimum atomic E-state index is -1.54. The van der Waals surface area contributed by atoms with Gasteiger partial charge in [0.1, 0.15) is 5.69 Å². The third kappa shape index (κ3) is 4.55. The molecule has 0 heterocycles. The SMILES string of the molecule is CC(NC(c1ccc(Cl)cc1)c1cccc(Nc2c(O)c(=O)c2=O)c1)c1cc(F)c(F)c(F)c1. The van der Waals surface area contributed by atoms with Gasteiger partial charge < -0.3 is 10.4 Å². The van der Waals surface area contributed by atoms with E-state index in [2.05, 4.69) is 10.6 Å². The zero-order valence-corrected chi connectivity index (χ0v) is 18.5. The molecule has 0 amide bonds. The van der Waals surface area contributed by atoms with Gasteiger partial charge in [0.05, 0.1) is 6.04 Å². The summed E-state index contributed by atoms with van der Waals surface area (Å²) in [6.45, 7) is 1.68. The molecule has 174 valence electrons. The van der Waals surface area contributed by atoms with Crippen molar-refractivity contribution in [1.82, 2.24) is 5.32 Å². The molecule has 0 bridgehead atoms. The summed E-state index contributed by atoms with van der Waals surface area (Å²) in [7, 11) is 0. The standard InChI is InChI=1S/C25H18ClF3N2O3/c1-12(15-10-18(27)20(29)19(28)11-15)30-21(13-5-7-16(26)8-6-13)14-3-2-4-17(9-14)31-22-23(32)25(34)24(22)33/h2-12,21,30-32H,1H3. The molecule has 4 aromatic rings.